The first-order valence-corrected chi connectivity index (χ1v) is 6.29. The van der Waals surface area contributed by atoms with Crippen molar-refractivity contribution in [1.29, 1.82) is 0 Å². The number of rotatable bonds is 3. The van der Waals surface area contributed by atoms with E-state index in [-0.39, 0.29) is 22.7 Å². The number of H-pyrrole nitrogens is 2. The van der Waals surface area contributed by atoms with Crippen molar-refractivity contribution in [3.63, 3.8) is 0 Å². The van der Waals surface area contributed by atoms with Crippen LogP contribution in [0.4, 0.5) is 0 Å². The number of nitrogens with zero attached hydrogens (tertiary/aromatic N) is 1. The number of allylic oxidation sites excluding steroid dienone is 2. The number of nitrogens with one attached hydrogen (secondary N) is 3. The van der Waals surface area contributed by atoms with Crippen molar-refractivity contribution < 1.29 is 4.79 Å². The molecule has 1 aromatic rings. The van der Waals surface area contributed by atoms with E-state index in [2.05, 4.69) is 20.5 Å². The number of amides is 1. The summed E-state index contributed by atoms with van der Waals surface area (Å²) < 4.78 is 0.205. The average molecular weight is 278 g/mol. The number of aromatic nitrogens is 2. The quantitative estimate of drug-likeness (QED) is 0.573. The van der Waals surface area contributed by atoms with Crippen LogP contribution in [0.5, 0.6) is 0 Å². The van der Waals surface area contributed by atoms with Crippen LogP contribution < -0.4 is 11.0 Å². The molecular weight excluding hydrogens is 264 g/mol. The minimum atomic E-state index is -0.327. The van der Waals surface area contributed by atoms with E-state index in [9.17, 15) is 9.59 Å². The Morgan fingerprint density at radius 3 is 2.89 bits per heavy atom. The maximum Gasteiger partial charge on any atom is 0.251 e. The van der Waals surface area contributed by atoms with E-state index in [0.29, 0.717) is 5.69 Å². The highest BCUT2D eigenvalue weighted by atomic mass is 32.1. The maximum absolute atomic E-state index is 11.7. The molecule has 100 valence electrons. The summed E-state index contributed by atoms with van der Waals surface area (Å²) in [6.07, 6.45) is 3.82. The van der Waals surface area contributed by atoms with E-state index >= 15 is 0 Å². The Morgan fingerprint density at radius 2 is 2.26 bits per heavy atom. The second kappa shape index (κ2) is 5.75. The highest BCUT2D eigenvalue weighted by Crippen LogP contribution is 2.14. The molecule has 3 N–H and O–H groups in total. The second-order valence-corrected chi connectivity index (χ2v) is 4.83. The third-order valence-corrected chi connectivity index (χ3v) is 2.88. The van der Waals surface area contributed by atoms with Crippen molar-refractivity contribution in [3.05, 3.63) is 38.5 Å². The lowest BCUT2D eigenvalue weighted by atomic mass is 10.3. The molecule has 2 rings (SSSR count). The second-order valence-electron chi connectivity index (χ2n) is 4.42. The summed E-state index contributed by atoms with van der Waals surface area (Å²) >= 11 is 4.83. The summed E-state index contributed by atoms with van der Waals surface area (Å²) in [6.45, 7) is 2.03. The monoisotopic (exact) mass is 278 g/mol. The number of carbonyl (C=O) groups excluding carboxylic acids is 1. The molecule has 1 heterocycles. The van der Waals surface area contributed by atoms with Crippen molar-refractivity contribution in [3.8, 4) is 0 Å². The number of aromatic amines is 2. The zero-order chi connectivity index (χ0) is 13.8. The normalized spacial score (nSPS) is 16.5. The molecule has 6 nitrogen and oxygen atoms in total. The first-order chi connectivity index (χ1) is 9.02. The minimum Gasteiger partial charge on any atom is -0.335 e. The zero-order valence-electron chi connectivity index (χ0n) is 10.4. The Balaban J connectivity index is 1.98. The third kappa shape index (κ3) is 3.99. The molecule has 1 aliphatic rings. The first kappa shape index (κ1) is 13.4. The topological polar surface area (TPSA) is 90.1 Å². The zero-order valence-corrected chi connectivity index (χ0v) is 11.3. The summed E-state index contributed by atoms with van der Waals surface area (Å²) in [5.74, 6) is -0.290. The van der Waals surface area contributed by atoms with E-state index < -0.39 is 0 Å². The number of carbonyl (C=O) groups is 1. The molecule has 7 heteroatoms. The van der Waals surface area contributed by atoms with Gasteiger partial charge in [0.05, 0.1) is 12.1 Å². The van der Waals surface area contributed by atoms with Crippen molar-refractivity contribution in [2.75, 3.05) is 0 Å². The van der Waals surface area contributed by atoms with Gasteiger partial charge in [-0.3, -0.25) is 14.6 Å². The van der Waals surface area contributed by atoms with Crippen LogP contribution in [0.25, 0.3) is 0 Å². The summed E-state index contributed by atoms with van der Waals surface area (Å²) in [4.78, 5) is 28.0. The fourth-order valence-electron chi connectivity index (χ4n) is 1.80. The van der Waals surface area contributed by atoms with Gasteiger partial charge in [0, 0.05) is 11.8 Å². The molecule has 1 amide bonds. The van der Waals surface area contributed by atoms with Gasteiger partial charge in [0.15, 0.2) is 4.77 Å². The summed E-state index contributed by atoms with van der Waals surface area (Å²) in [5, 5.41) is 4.03. The molecule has 0 atom stereocenters. The molecule has 0 unspecified atom stereocenters. The Hall–Kier alpha value is -2.02. The van der Waals surface area contributed by atoms with Gasteiger partial charge in [0.25, 0.3) is 5.56 Å². The molecule has 19 heavy (non-hydrogen) atoms. The van der Waals surface area contributed by atoms with Crippen molar-refractivity contribution in [1.82, 2.24) is 15.4 Å². The van der Waals surface area contributed by atoms with Crippen LogP contribution in [0.15, 0.2) is 27.6 Å². The molecule has 0 aromatic carbocycles. The predicted octanol–water partition coefficient (Wildman–Crippen LogP) is 1.19. The smallest absolute Gasteiger partial charge is 0.251 e. The van der Waals surface area contributed by atoms with Crippen LogP contribution in [0.1, 0.15) is 25.5 Å². The maximum atomic E-state index is 11.7. The number of hydrogen-bond acceptors (Lipinski definition) is 4. The first-order valence-electron chi connectivity index (χ1n) is 5.88. The molecule has 0 saturated carbocycles. The van der Waals surface area contributed by atoms with Crippen molar-refractivity contribution in [2.45, 2.75) is 26.2 Å². The van der Waals surface area contributed by atoms with E-state index in [4.69, 9.17) is 12.2 Å². The van der Waals surface area contributed by atoms with Gasteiger partial charge in [-0.25, -0.2) is 5.43 Å². The molecule has 0 aliphatic heterocycles. The lowest BCUT2D eigenvalue weighted by Crippen LogP contribution is -2.22. The van der Waals surface area contributed by atoms with E-state index in [1.165, 1.54) is 11.6 Å². The highest BCUT2D eigenvalue weighted by Gasteiger charge is 2.08. The van der Waals surface area contributed by atoms with Crippen LogP contribution in [0.3, 0.4) is 0 Å². The third-order valence-electron chi connectivity index (χ3n) is 2.68. The van der Waals surface area contributed by atoms with E-state index in [1.807, 2.05) is 13.0 Å². The Labute approximate surface area is 114 Å². The van der Waals surface area contributed by atoms with Crippen LogP contribution in [0.2, 0.25) is 0 Å². The van der Waals surface area contributed by atoms with E-state index in [0.717, 1.165) is 18.6 Å². The molecular formula is C12H14N4O2S. The van der Waals surface area contributed by atoms with Gasteiger partial charge in [-0.2, -0.15) is 5.10 Å². The van der Waals surface area contributed by atoms with E-state index in [1.54, 1.807) is 0 Å². The number of hydrogen-bond donors (Lipinski definition) is 3. The van der Waals surface area contributed by atoms with Crippen molar-refractivity contribution in [2.24, 2.45) is 5.10 Å². The Morgan fingerprint density at radius 1 is 1.47 bits per heavy atom. The van der Waals surface area contributed by atoms with Crippen LogP contribution in [-0.2, 0) is 11.2 Å². The van der Waals surface area contributed by atoms with Crippen LogP contribution >= 0.6 is 12.2 Å². The van der Waals surface area contributed by atoms with Crippen molar-refractivity contribution >= 4 is 23.8 Å². The van der Waals surface area contributed by atoms with Crippen LogP contribution in [-0.4, -0.2) is 21.6 Å². The Bertz CT molecular complexity index is 641. The molecule has 0 fully saturated rings. The largest absolute Gasteiger partial charge is 0.335 e. The van der Waals surface area contributed by atoms with Gasteiger partial charge in [0.2, 0.25) is 5.91 Å². The Kier molecular flexibility index (Phi) is 4.06. The summed E-state index contributed by atoms with van der Waals surface area (Å²) in [6, 6.07) is 1.31. The standard InChI is InChI=1S/C12H14N4O2S/c1-7-2-3-8(4-7)15-16-11(18)6-9-5-10(17)14-12(19)13-9/h4-5H,2-3,6H2,1H3,(H,16,18)(H2,13,14,17,19)/b15-8+. The van der Waals surface area contributed by atoms with Gasteiger partial charge >= 0.3 is 0 Å². The predicted molar refractivity (Wildman–Crippen MR) is 74.5 cm³/mol. The van der Waals surface area contributed by atoms with Gasteiger partial charge < -0.3 is 4.98 Å². The SMILES string of the molecule is CC1=C/C(=N/NC(=O)Cc2cc(=O)[nH]c(=S)[nH]2)CC1. The average Bonchev–Trinajstić information content (AvgIpc) is 2.71. The fraction of sp³-hybridized carbons (Fsp3) is 0.333. The minimum absolute atomic E-state index is 0.0348. The number of hydrazone groups is 1. The van der Waals surface area contributed by atoms with Gasteiger partial charge in [-0.1, -0.05) is 5.57 Å². The summed E-state index contributed by atoms with van der Waals surface area (Å²) in [7, 11) is 0. The molecule has 0 bridgehead atoms. The lowest BCUT2D eigenvalue weighted by Gasteiger charge is -2.01. The fourth-order valence-corrected chi connectivity index (χ4v) is 2.04. The highest BCUT2D eigenvalue weighted by molar-refractivity contribution is 7.71. The molecule has 1 aliphatic carbocycles. The van der Waals surface area contributed by atoms with Gasteiger partial charge in [-0.15, -0.1) is 0 Å². The van der Waals surface area contributed by atoms with Gasteiger partial charge in [-0.05, 0) is 38.1 Å². The molecule has 0 radical (unpaired) electrons. The molecule has 0 spiro atoms. The molecule has 0 saturated heterocycles. The molecule has 1 aromatic heterocycles. The lowest BCUT2D eigenvalue weighted by molar-refractivity contribution is -0.120. The van der Waals surface area contributed by atoms with Gasteiger partial charge in [0.1, 0.15) is 0 Å². The summed E-state index contributed by atoms with van der Waals surface area (Å²) in [5.41, 5.74) is 4.73. The van der Waals surface area contributed by atoms with Crippen LogP contribution in [0, 0.1) is 4.77 Å².